The molecular weight excluding hydrogens is 246 g/mol. The molecule has 0 aliphatic rings. The molecule has 3 nitrogen and oxygen atoms in total. The Morgan fingerprint density at radius 3 is 2.55 bits per heavy atom. The molecule has 0 saturated heterocycles. The van der Waals surface area contributed by atoms with E-state index in [9.17, 15) is 0 Å². The maximum Gasteiger partial charge on any atom is 0.137 e. The number of hydrogen-bond donors (Lipinski definition) is 2. The van der Waals surface area contributed by atoms with Gasteiger partial charge in [0.15, 0.2) is 0 Å². The Labute approximate surface area is 118 Å². The van der Waals surface area contributed by atoms with Crippen molar-refractivity contribution in [2.75, 3.05) is 5.73 Å². The standard InChI is InChI=1S/C17H17N3/c1-2-12-6-8-13(9-7-12)16-11-19-17(20-16)14-4-3-5-15(18)10-14/h3-11H,2,18H2,1H3,(H,19,20). The van der Waals surface area contributed by atoms with Gasteiger partial charge in [-0.15, -0.1) is 0 Å². The van der Waals surface area contributed by atoms with Gasteiger partial charge in [0.25, 0.3) is 0 Å². The zero-order chi connectivity index (χ0) is 13.9. The number of nitrogens with two attached hydrogens (primary N) is 1. The van der Waals surface area contributed by atoms with Crippen LogP contribution < -0.4 is 5.73 Å². The number of nitrogen functional groups attached to an aromatic ring is 1. The van der Waals surface area contributed by atoms with E-state index in [1.165, 1.54) is 5.56 Å². The van der Waals surface area contributed by atoms with Crippen molar-refractivity contribution in [2.45, 2.75) is 13.3 Å². The summed E-state index contributed by atoms with van der Waals surface area (Å²) in [5.74, 6) is 0.840. The molecule has 3 N–H and O–H groups in total. The number of nitrogens with one attached hydrogen (secondary N) is 1. The summed E-state index contributed by atoms with van der Waals surface area (Å²) in [5.41, 5.74) is 11.0. The molecule has 3 aromatic rings. The van der Waals surface area contributed by atoms with E-state index in [0.29, 0.717) is 0 Å². The van der Waals surface area contributed by atoms with Gasteiger partial charge in [0.05, 0.1) is 11.9 Å². The molecule has 0 aliphatic heterocycles. The highest BCUT2D eigenvalue weighted by Gasteiger charge is 2.05. The van der Waals surface area contributed by atoms with Crippen LogP contribution in [0.2, 0.25) is 0 Å². The summed E-state index contributed by atoms with van der Waals surface area (Å²) in [4.78, 5) is 7.78. The molecule has 1 aromatic heterocycles. The van der Waals surface area contributed by atoms with Crippen molar-refractivity contribution in [2.24, 2.45) is 0 Å². The van der Waals surface area contributed by atoms with Gasteiger partial charge in [0, 0.05) is 11.3 Å². The first-order chi connectivity index (χ1) is 9.76. The number of aryl methyl sites for hydroxylation is 1. The van der Waals surface area contributed by atoms with Gasteiger partial charge in [-0.3, -0.25) is 0 Å². The third kappa shape index (κ3) is 2.43. The van der Waals surface area contributed by atoms with Crippen molar-refractivity contribution in [1.29, 1.82) is 0 Å². The van der Waals surface area contributed by atoms with E-state index in [2.05, 4.69) is 41.2 Å². The summed E-state index contributed by atoms with van der Waals surface area (Å²) in [6.07, 6.45) is 2.91. The SMILES string of the molecule is CCc1ccc(-c2cnc(-c3cccc(N)c3)[nH]2)cc1. The monoisotopic (exact) mass is 263 g/mol. The van der Waals surface area contributed by atoms with Gasteiger partial charge in [0.1, 0.15) is 5.82 Å². The smallest absolute Gasteiger partial charge is 0.137 e. The lowest BCUT2D eigenvalue weighted by molar-refractivity contribution is 1.14. The van der Waals surface area contributed by atoms with Crippen molar-refractivity contribution >= 4 is 5.69 Å². The normalized spacial score (nSPS) is 10.7. The summed E-state index contributed by atoms with van der Waals surface area (Å²) >= 11 is 0. The number of hydrogen-bond acceptors (Lipinski definition) is 2. The number of rotatable bonds is 3. The van der Waals surface area contributed by atoms with Gasteiger partial charge >= 0.3 is 0 Å². The molecule has 2 aromatic carbocycles. The lowest BCUT2D eigenvalue weighted by atomic mass is 10.1. The van der Waals surface area contributed by atoms with Crippen LogP contribution in [0.3, 0.4) is 0 Å². The highest BCUT2D eigenvalue weighted by atomic mass is 14.9. The van der Waals surface area contributed by atoms with Gasteiger partial charge in [-0.05, 0) is 29.7 Å². The molecule has 0 amide bonds. The van der Waals surface area contributed by atoms with E-state index in [4.69, 9.17) is 5.73 Å². The fourth-order valence-electron chi connectivity index (χ4n) is 2.22. The number of H-pyrrole nitrogens is 1. The van der Waals surface area contributed by atoms with Gasteiger partial charge in [-0.1, -0.05) is 43.3 Å². The fraction of sp³-hybridized carbons (Fsp3) is 0.118. The number of aromatic nitrogens is 2. The highest BCUT2D eigenvalue weighted by Crippen LogP contribution is 2.23. The van der Waals surface area contributed by atoms with Crippen molar-refractivity contribution in [3.8, 4) is 22.6 Å². The Morgan fingerprint density at radius 2 is 1.85 bits per heavy atom. The average Bonchev–Trinajstić information content (AvgIpc) is 2.97. The quantitative estimate of drug-likeness (QED) is 0.704. The van der Waals surface area contributed by atoms with Gasteiger partial charge in [-0.25, -0.2) is 4.98 Å². The lowest BCUT2D eigenvalue weighted by Crippen LogP contribution is -1.86. The number of aromatic amines is 1. The Balaban J connectivity index is 1.93. The number of imidazole rings is 1. The molecule has 100 valence electrons. The maximum atomic E-state index is 5.80. The molecule has 0 spiro atoms. The van der Waals surface area contributed by atoms with Crippen LogP contribution in [0.25, 0.3) is 22.6 Å². The van der Waals surface area contributed by atoms with Gasteiger partial charge in [0.2, 0.25) is 0 Å². The molecule has 0 atom stereocenters. The Bertz CT molecular complexity index is 711. The molecule has 0 saturated carbocycles. The van der Waals surface area contributed by atoms with Crippen molar-refractivity contribution in [3.05, 3.63) is 60.3 Å². The Morgan fingerprint density at radius 1 is 1.05 bits per heavy atom. The van der Waals surface area contributed by atoms with Crippen LogP contribution in [0.1, 0.15) is 12.5 Å². The van der Waals surface area contributed by atoms with Crippen LogP contribution in [0, 0.1) is 0 Å². The lowest BCUT2D eigenvalue weighted by Gasteiger charge is -2.01. The van der Waals surface area contributed by atoms with E-state index in [1.54, 1.807) is 0 Å². The summed E-state index contributed by atoms with van der Waals surface area (Å²) in [5, 5.41) is 0. The average molecular weight is 263 g/mol. The molecule has 0 unspecified atom stereocenters. The third-order valence-electron chi connectivity index (χ3n) is 3.41. The van der Waals surface area contributed by atoms with E-state index in [-0.39, 0.29) is 0 Å². The predicted molar refractivity (Wildman–Crippen MR) is 83.3 cm³/mol. The summed E-state index contributed by atoms with van der Waals surface area (Å²) in [6.45, 7) is 2.16. The summed E-state index contributed by atoms with van der Waals surface area (Å²) in [7, 11) is 0. The molecule has 0 bridgehead atoms. The first-order valence-corrected chi connectivity index (χ1v) is 6.76. The molecule has 3 heteroatoms. The largest absolute Gasteiger partial charge is 0.399 e. The van der Waals surface area contributed by atoms with E-state index >= 15 is 0 Å². The minimum absolute atomic E-state index is 0.743. The van der Waals surface area contributed by atoms with Gasteiger partial charge < -0.3 is 10.7 Å². The Hall–Kier alpha value is -2.55. The maximum absolute atomic E-state index is 5.80. The molecule has 20 heavy (non-hydrogen) atoms. The topological polar surface area (TPSA) is 54.7 Å². The van der Waals surface area contributed by atoms with E-state index in [0.717, 1.165) is 34.8 Å². The summed E-state index contributed by atoms with van der Waals surface area (Å²) < 4.78 is 0. The first-order valence-electron chi connectivity index (χ1n) is 6.76. The Kier molecular flexibility index (Phi) is 3.25. The molecule has 0 radical (unpaired) electrons. The van der Waals surface area contributed by atoms with Gasteiger partial charge in [-0.2, -0.15) is 0 Å². The second-order valence-corrected chi connectivity index (χ2v) is 4.82. The number of benzene rings is 2. The van der Waals surface area contributed by atoms with Crippen LogP contribution in [0.5, 0.6) is 0 Å². The molecule has 0 fully saturated rings. The number of anilines is 1. The number of nitrogens with zero attached hydrogens (tertiary/aromatic N) is 1. The third-order valence-corrected chi connectivity index (χ3v) is 3.41. The zero-order valence-electron chi connectivity index (χ0n) is 11.4. The second kappa shape index (κ2) is 5.21. The predicted octanol–water partition coefficient (Wildman–Crippen LogP) is 3.89. The first kappa shape index (κ1) is 12.5. The minimum atomic E-state index is 0.743. The van der Waals surface area contributed by atoms with Crippen molar-refractivity contribution in [3.63, 3.8) is 0 Å². The highest BCUT2D eigenvalue weighted by molar-refractivity contribution is 5.66. The summed E-state index contributed by atoms with van der Waals surface area (Å²) in [6, 6.07) is 16.3. The van der Waals surface area contributed by atoms with E-state index in [1.807, 2.05) is 30.5 Å². The van der Waals surface area contributed by atoms with Crippen LogP contribution in [0.4, 0.5) is 5.69 Å². The van der Waals surface area contributed by atoms with Crippen molar-refractivity contribution in [1.82, 2.24) is 9.97 Å². The molecule has 3 rings (SSSR count). The minimum Gasteiger partial charge on any atom is -0.399 e. The van der Waals surface area contributed by atoms with Crippen LogP contribution >= 0.6 is 0 Å². The fourth-order valence-corrected chi connectivity index (χ4v) is 2.22. The van der Waals surface area contributed by atoms with Crippen molar-refractivity contribution < 1.29 is 0 Å². The molecular formula is C17H17N3. The second-order valence-electron chi connectivity index (χ2n) is 4.82. The van der Waals surface area contributed by atoms with Crippen LogP contribution in [-0.2, 0) is 6.42 Å². The molecule has 1 heterocycles. The van der Waals surface area contributed by atoms with Crippen LogP contribution in [-0.4, -0.2) is 9.97 Å². The molecule has 0 aliphatic carbocycles. The van der Waals surface area contributed by atoms with Crippen LogP contribution in [0.15, 0.2) is 54.7 Å². The van der Waals surface area contributed by atoms with E-state index < -0.39 is 0 Å². The zero-order valence-corrected chi connectivity index (χ0v) is 11.4.